The highest BCUT2D eigenvalue weighted by atomic mass is 16.5. The summed E-state index contributed by atoms with van der Waals surface area (Å²) in [6.45, 7) is 0. The summed E-state index contributed by atoms with van der Waals surface area (Å²) in [7, 11) is 1.33. The molecule has 0 aliphatic rings. The van der Waals surface area contributed by atoms with Crippen LogP contribution in [0.1, 0.15) is 22.5 Å². The largest absolute Gasteiger partial charge is 0.464 e. The number of nitrogens with two attached hydrogens (primary N) is 1. The summed E-state index contributed by atoms with van der Waals surface area (Å²) >= 11 is 0. The van der Waals surface area contributed by atoms with Crippen LogP contribution in [-0.2, 0) is 9.53 Å². The van der Waals surface area contributed by atoms with E-state index in [0.29, 0.717) is 5.69 Å². The molecule has 0 unspecified atom stereocenters. The predicted octanol–water partition coefficient (Wildman–Crippen LogP) is 1.18. The van der Waals surface area contributed by atoms with Crippen molar-refractivity contribution < 1.29 is 14.3 Å². The molecule has 1 aromatic heterocycles. The molecule has 1 amide bonds. The molecule has 0 saturated heterocycles. The highest BCUT2D eigenvalue weighted by molar-refractivity contribution is 5.95. The molecule has 19 heavy (non-hydrogen) atoms. The Morgan fingerprint density at radius 2 is 2.16 bits per heavy atom. The Balaban J connectivity index is 2.32. The van der Waals surface area contributed by atoms with Gasteiger partial charge in [0.15, 0.2) is 0 Å². The minimum Gasteiger partial charge on any atom is -0.464 e. The fourth-order valence-corrected chi connectivity index (χ4v) is 1.66. The number of carbonyl (C=O) groups is 2. The molecule has 0 spiro atoms. The van der Waals surface area contributed by atoms with E-state index < -0.39 is 11.9 Å². The van der Waals surface area contributed by atoms with E-state index in [1.165, 1.54) is 7.11 Å². The second-order valence-electron chi connectivity index (χ2n) is 3.92. The van der Waals surface area contributed by atoms with E-state index in [2.05, 4.69) is 21.6 Å². The summed E-state index contributed by atoms with van der Waals surface area (Å²) in [5.74, 6) is 4.63. The lowest BCUT2D eigenvalue weighted by Crippen LogP contribution is -2.08. The van der Waals surface area contributed by atoms with Crippen molar-refractivity contribution in [3.63, 3.8) is 0 Å². The van der Waals surface area contributed by atoms with Crippen molar-refractivity contribution in [2.75, 3.05) is 7.11 Å². The fourth-order valence-electron chi connectivity index (χ4n) is 1.66. The SMILES string of the molecule is COC(=O)c1cc2ccc(C#CCC(N)=O)cc2[nH]1. The number of ether oxygens (including phenoxy) is 1. The van der Waals surface area contributed by atoms with Crippen LogP contribution in [-0.4, -0.2) is 24.0 Å². The number of amides is 1. The molecule has 96 valence electrons. The number of rotatable bonds is 2. The van der Waals surface area contributed by atoms with Crippen LogP contribution in [0.25, 0.3) is 10.9 Å². The lowest BCUT2D eigenvalue weighted by Gasteiger charge is -1.92. The van der Waals surface area contributed by atoms with Crippen LogP contribution in [0.2, 0.25) is 0 Å². The highest BCUT2D eigenvalue weighted by Crippen LogP contribution is 2.17. The van der Waals surface area contributed by atoms with Gasteiger partial charge in [0.25, 0.3) is 0 Å². The Morgan fingerprint density at radius 3 is 2.84 bits per heavy atom. The van der Waals surface area contributed by atoms with Gasteiger partial charge in [-0.25, -0.2) is 4.79 Å². The second kappa shape index (κ2) is 5.27. The fraction of sp³-hybridized carbons (Fsp3) is 0.143. The molecule has 0 saturated carbocycles. The van der Waals surface area contributed by atoms with Gasteiger partial charge in [-0.2, -0.15) is 0 Å². The minimum absolute atomic E-state index is 0.0240. The smallest absolute Gasteiger partial charge is 0.354 e. The first kappa shape index (κ1) is 12.7. The number of carbonyl (C=O) groups excluding carboxylic acids is 2. The molecule has 0 aliphatic carbocycles. The first-order valence-corrected chi connectivity index (χ1v) is 5.58. The average molecular weight is 256 g/mol. The molecule has 0 radical (unpaired) electrons. The lowest BCUT2D eigenvalue weighted by atomic mass is 10.1. The third-order valence-electron chi connectivity index (χ3n) is 2.52. The number of nitrogens with one attached hydrogen (secondary N) is 1. The van der Waals surface area contributed by atoms with Crippen molar-refractivity contribution in [3.05, 3.63) is 35.5 Å². The van der Waals surface area contributed by atoms with Gasteiger partial charge in [0.2, 0.25) is 5.91 Å². The van der Waals surface area contributed by atoms with Gasteiger partial charge in [0, 0.05) is 16.5 Å². The number of H-pyrrole nitrogens is 1. The number of hydrogen-bond donors (Lipinski definition) is 2. The van der Waals surface area contributed by atoms with E-state index in [4.69, 9.17) is 5.73 Å². The number of benzene rings is 1. The number of aromatic nitrogens is 1. The summed E-state index contributed by atoms with van der Waals surface area (Å²) < 4.78 is 4.64. The molecular formula is C14H12N2O3. The first-order chi connectivity index (χ1) is 9.10. The predicted molar refractivity (Wildman–Crippen MR) is 70.3 cm³/mol. The number of hydrogen-bond acceptors (Lipinski definition) is 3. The first-order valence-electron chi connectivity index (χ1n) is 5.58. The maximum Gasteiger partial charge on any atom is 0.354 e. The molecule has 0 bridgehead atoms. The van der Waals surface area contributed by atoms with Gasteiger partial charge in [-0.05, 0) is 18.2 Å². The maximum atomic E-state index is 11.4. The molecule has 1 heterocycles. The van der Waals surface area contributed by atoms with Gasteiger partial charge in [-0.1, -0.05) is 17.9 Å². The van der Waals surface area contributed by atoms with Crippen LogP contribution in [0.4, 0.5) is 0 Å². The normalized spacial score (nSPS) is 9.74. The summed E-state index contributed by atoms with van der Waals surface area (Å²) in [4.78, 5) is 24.9. The molecule has 0 atom stereocenters. The second-order valence-corrected chi connectivity index (χ2v) is 3.92. The molecule has 1 aromatic carbocycles. The van der Waals surface area contributed by atoms with Gasteiger partial charge < -0.3 is 15.5 Å². The van der Waals surface area contributed by atoms with Crippen molar-refractivity contribution in [1.82, 2.24) is 4.98 Å². The Labute approximate surface area is 109 Å². The number of fused-ring (bicyclic) bond motifs is 1. The van der Waals surface area contributed by atoms with Gasteiger partial charge in [-0.15, -0.1) is 0 Å². The molecule has 3 N–H and O–H groups in total. The molecule has 2 rings (SSSR count). The van der Waals surface area contributed by atoms with Crippen molar-refractivity contribution >= 4 is 22.8 Å². The monoisotopic (exact) mass is 256 g/mol. The lowest BCUT2D eigenvalue weighted by molar-refractivity contribution is -0.117. The van der Waals surface area contributed by atoms with E-state index >= 15 is 0 Å². The molecule has 2 aromatic rings. The highest BCUT2D eigenvalue weighted by Gasteiger charge is 2.08. The molecule has 0 fully saturated rings. The number of esters is 1. The van der Waals surface area contributed by atoms with E-state index in [1.54, 1.807) is 12.1 Å². The minimum atomic E-state index is -0.457. The Bertz CT molecular complexity index is 704. The van der Waals surface area contributed by atoms with E-state index in [0.717, 1.165) is 16.5 Å². The van der Waals surface area contributed by atoms with Gasteiger partial charge in [0.1, 0.15) is 5.69 Å². The van der Waals surface area contributed by atoms with Crippen LogP contribution >= 0.6 is 0 Å². The van der Waals surface area contributed by atoms with Crippen LogP contribution in [0.15, 0.2) is 24.3 Å². The summed E-state index contributed by atoms with van der Waals surface area (Å²) in [6.07, 6.45) is 0.0240. The average Bonchev–Trinajstić information content (AvgIpc) is 2.80. The van der Waals surface area contributed by atoms with Gasteiger partial charge in [-0.3, -0.25) is 4.79 Å². The van der Waals surface area contributed by atoms with Crippen LogP contribution in [0.3, 0.4) is 0 Å². The van der Waals surface area contributed by atoms with Gasteiger partial charge >= 0.3 is 5.97 Å². The third kappa shape index (κ3) is 2.93. The van der Waals surface area contributed by atoms with E-state index in [1.807, 2.05) is 12.1 Å². The zero-order valence-electron chi connectivity index (χ0n) is 10.3. The third-order valence-corrected chi connectivity index (χ3v) is 2.52. The van der Waals surface area contributed by atoms with Crippen LogP contribution < -0.4 is 5.73 Å². The van der Waals surface area contributed by atoms with Crippen LogP contribution in [0, 0.1) is 11.8 Å². The van der Waals surface area contributed by atoms with Crippen molar-refractivity contribution in [3.8, 4) is 11.8 Å². The Kier molecular flexibility index (Phi) is 3.53. The molecule has 0 aliphatic heterocycles. The summed E-state index contributed by atoms with van der Waals surface area (Å²) in [5.41, 5.74) is 6.91. The topological polar surface area (TPSA) is 85.2 Å². The zero-order valence-corrected chi connectivity index (χ0v) is 10.3. The van der Waals surface area contributed by atoms with E-state index in [9.17, 15) is 9.59 Å². The zero-order chi connectivity index (χ0) is 13.8. The number of primary amides is 1. The number of aromatic amines is 1. The Hall–Kier alpha value is -2.74. The maximum absolute atomic E-state index is 11.4. The summed E-state index contributed by atoms with van der Waals surface area (Å²) in [6, 6.07) is 7.16. The summed E-state index contributed by atoms with van der Waals surface area (Å²) in [5, 5.41) is 0.890. The Morgan fingerprint density at radius 1 is 1.37 bits per heavy atom. The number of methoxy groups -OCH3 is 1. The van der Waals surface area contributed by atoms with Crippen molar-refractivity contribution in [1.29, 1.82) is 0 Å². The van der Waals surface area contributed by atoms with Crippen molar-refractivity contribution in [2.45, 2.75) is 6.42 Å². The standard InChI is InChI=1S/C14H12N2O3/c1-19-14(18)12-8-10-6-5-9(7-11(10)16-12)3-2-4-13(15)17/h5-8,16H,4H2,1H3,(H2,15,17). The molecule has 5 nitrogen and oxygen atoms in total. The van der Waals surface area contributed by atoms with Gasteiger partial charge in [0.05, 0.1) is 13.5 Å². The van der Waals surface area contributed by atoms with Crippen LogP contribution in [0.5, 0.6) is 0 Å². The van der Waals surface area contributed by atoms with Crippen molar-refractivity contribution in [2.24, 2.45) is 5.73 Å². The molecule has 5 heteroatoms. The molecular weight excluding hydrogens is 244 g/mol. The quantitative estimate of drug-likeness (QED) is 0.625. The van der Waals surface area contributed by atoms with E-state index in [-0.39, 0.29) is 6.42 Å².